The number of hydrogen-bond acceptors (Lipinski definition) is 6. The van der Waals surface area contributed by atoms with Gasteiger partial charge in [0, 0.05) is 6.92 Å². The zero-order valence-corrected chi connectivity index (χ0v) is 6.68. The average Bonchev–Trinajstić information content (AvgIpc) is 1.80. The molecule has 0 aliphatic carbocycles. The molecule has 0 spiro atoms. The molecule has 0 aromatic carbocycles. The molecule has 0 aromatic rings. The van der Waals surface area contributed by atoms with Gasteiger partial charge < -0.3 is 25.7 Å². The maximum Gasteiger partial charge on any atom is 0.415 e. The third-order valence-electron chi connectivity index (χ3n) is 0.687. The van der Waals surface area contributed by atoms with Crippen molar-refractivity contribution in [2.24, 2.45) is 11.5 Å². The fourth-order valence-electron chi connectivity index (χ4n) is 0.397. The SMILES string of the molecule is CC(=O)OC(OC(N)=O)OC(N)=O. The number of esters is 1. The van der Waals surface area contributed by atoms with Crippen LogP contribution in [0.4, 0.5) is 9.59 Å². The Bertz CT molecular complexity index is 189. The summed E-state index contributed by atoms with van der Waals surface area (Å²) < 4.78 is 12.3. The lowest BCUT2D eigenvalue weighted by Gasteiger charge is -2.13. The fourth-order valence-corrected chi connectivity index (χ4v) is 0.397. The zero-order valence-electron chi connectivity index (χ0n) is 6.68. The minimum Gasteiger partial charge on any atom is -0.391 e. The van der Waals surface area contributed by atoms with E-state index in [4.69, 9.17) is 0 Å². The molecule has 8 nitrogen and oxygen atoms in total. The molecule has 74 valence electrons. The lowest BCUT2D eigenvalue weighted by atomic mass is 10.8. The summed E-state index contributed by atoms with van der Waals surface area (Å²) in [6.07, 6.45) is -2.54. The summed E-state index contributed by atoms with van der Waals surface area (Å²) >= 11 is 0. The molecule has 0 saturated carbocycles. The van der Waals surface area contributed by atoms with E-state index in [9.17, 15) is 14.4 Å². The molecule has 0 radical (unpaired) electrons. The summed E-state index contributed by atoms with van der Waals surface area (Å²) in [5.41, 5.74) is 9.12. The van der Waals surface area contributed by atoms with E-state index in [1.54, 1.807) is 0 Å². The number of carbonyl (C=O) groups is 3. The predicted octanol–water partition coefficient (Wildman–Crippen LogP) is -0.976. The minimum absolute atomic E-state index is 0.826. The van der Waals surface area contributed by atoms with Crippen LogP contribution in [0.15, 0.2) is 0 Å². The van der Waals surface area contributed by atoms with Crippen LogP contribution in [0.25, 0.3) is 0 Å². The summed E-state index contributed by atoms with van der Waals surface area (Å²) in [4.78, 5) is 30.6. The van der Waals surface area contributed by atoms with E-state index in [0.717, 1.165) is 6.92 Å². The molecule has 2 amide bonds. The van der Waals surface area contributed by atoms with Crippen molar-refractivity contribution in [3.05, 3.63) is 0 Å². The van der Waals surface area contributed by atoms with Crippen molar-refractivity contribution >= 4 is 18.2 Å². The Hall–Kier alpha value is -1.99. The number of amides is 2. The van der Waals surface area contributed by atoms with E-state index in [0.29, 0.717) is 0 Å². The number of carbonyl (C=O) groups excluding carboxylic acids is 3. The fraction of sp³-hybridized carbons (Fsp3) is 0.400. The van der Waals surface area contributed by atoms with E-state index in [1.165, 1.54) is 0 Å². The van der Waals surface area contributed by atoms with Gasteiger partial charge in [0.25, 0.3) is 0 Å². The molecule has 0 fully saturated rings. The second kappa shape index (κ2) is 4.80. The van der Waals surface area contributed by atoms with Crippen molar-refractivity contribution in [3.8, 4) is 0 Å². The van der Waals surface area contributed by atoms with Crippen molar-refractivity contribution in [3.63, 3.8) is 0 Å². The molecule has 13 heavy (non-hydrogen) atoms. The molecule has 0 heterocycles. The Kier molecular flexibility index (Phi) is 4.07. The number of hydrogen-bond donors (Lipinski definition) is 2. The third kappa shape index (κ3) is 6.41. The summed E-state index contributed by atoms with van der Waals surface area (Å²) in [7, 11) is 0. The zero-order chi connectivity index (χ0) is 10.4. The van der Waals surface area contributed by atoms with Crippen LogP contribution in [0.1, 0.15) is 6.92 Å². The minimum atomic E-state index is -1.84. The van der Waals surface area contributed by atoms with E-state index in [-0.39, 0.29) is 0 Å². The highest BCUT2D eigenvalue weighted by Crippen LogP contribution is 1.97. The smallest absolute Gasteiger partial charge is 0.391 e. The van der Waals surface area contributed by atoms with Crippen molar-refractivity contribution in [1.82, 2.24) is 0 Å². The molecule has 0 bridgehead atoms. The maximum atomic E-state index is 10.3. The summed E-state index contributed by atoms with van der Waals surface area (Å²) in [5, 5.41) is 0. The van der Waals surface area contributed by atoms with Gasteiger partial charge in [-0.3, -0.25) is 4.79 Å². The van der Waals surface area contributed by atoms with Gasteiger partial charge in [-0.1, -0.05) is 0 Å². The van der Waals surface area contributed by atoms with E-state index >= 15 is 0 Å². The van der Waals surface area contributed by atoms with Crippen LogP contribution in [-0.4, -0.2) is 24.6 Å². The molecule has 8 heteroatoms. The normalized spacial score (nSPS) is 9.08. The molecule has 0 atom stereocenters. The summed E-state index contributed by atoms with van der Waals surface area (Å²) in [5.74, 6) is -0.826. The average molecular weight is 192 g/mol. The first-order chi connectivity index (χ1) is 5.91. The third-order valence-corrected chi connectivity index (χ3v) is 0.687. The van der Waals surface area contributed by atoms with Crippen molar-refractivity contribution in [2.45, 2.75) is 13.4 Å². The molecule has 4 N–H and O–H groups in total. The molecule has 0 aromatic heterocycles. The van der Waals surface area contributed by atoms with Gasteiger partial charge in [0.1, 0.15) is 0 Å². The van der Waals surface area contributed by atoms with Crippen LogP contribution in [-0.2, 0) is 19.0 Å². The first-order valence-electron chi connectivity index (χ1n) is 3.01. The molecule has 0 aliphatic heterocycles. The Balaban J connectivity index is 4.10. The molecular weight excluding hydrogens is 184 g/mol. The Labute approximate surface area is 72.7 Å². The monoisotopic (exact) mass is 192 g/mol. The molecule has 0 aliphatic rings. The Morgan fingerprint density at radius 3 is 1.62 bits per heavy atom. The van der Waals surface area contributed by atoms with Crippen LogP contribution >= 0.6 is 0 Å². The highest BCUT2D eigenvalue weighted by atomic mass is 16.9. The first-order valence-corrected chi connectivity index (χ1v) is 3.01. The molecule has 0 rings (SSSR count). The highest BCUT2D eigenvalue weighted by molar-refractivity contribution is 5.69. The largest absolute Gasteiger partial charge is 0.415 e. The maximum absolute atomic E-state index is 10.3. The number of primary amides is 2. The molecule has 0 unspecified atom stereocenters. The van der Waals surface area contributed by atoms with Crippen molar-refractivity contribution in [1.29, 1.82) is 0 Å². The topological polar surface area (TPSA) is 131 Å². The van der Waals surface area contributed by atoms with Gasteiger partial charge in [-0.15, -0.1) is 0 Å². The van der Waals surface area contributed by atoms with E-state index in [1.807, 2.05) is 0 Å². The molecule has 0 saturated heterocycles. The predicted molar refractivity (Wildman–Crippen MR) is 36.9 cm³/mol. The van der Waals surface area contributed by atoms with Crippen LogP contribution in [0.3, 0.4) is 0 Å². The highest BCUT2D eigenvalue weighted by Gasteiger charge is 2.18. The van der Waals surface area contributed by atoms with Gasteiger partial charge in [-0.25, -0.2) is 9.59 Å². The Morgan fingerprint density at radius 2 is 1.38 bits per heavy atom. The van der Waals surface area contributed by atoms with Gasteiger partial charge >= 0.3 is 24.6 Å². The van der Waals surface area contributed by atoms with Gasteiger partial charge in [0.05, 0.1) is 0 Å². The van der Waals surface area contributed by atoms with E-state index in [2.05, 4.69) is 25.7 Å². The second-order valence-corrected chi connectivity index (χ2v) is 1.77. The molecular formula is C5H8N2O6. The number of ether oxygens (including phenoxy) is 3. The van der Waals surface area contributed by atoms with Crippen LogP contribution in [0, 0.1) is 0 Å². The van der Waals surface area contributed by atoms with Gasteiger partial charge in [0.2, 0.25) is 0 Å². The van der Waals surface area contributed by atoms with Gasteiger partial charge in [0.15, 0.2) is 0 Å². The standard InChI is InChI=1S/C5H8N2O6/c1-2(8)11-5(12-3(6)9)13-4(7)10/h5H,1H3,(H2,6,9)(H2,7,10). The summed E-state index contributed by atoms with van der Waals surface area (Å²) in [6, 6.07) is 0. The second-order valence-electron chi connectivity index (χ2n) is 1.77. The first kappa shape index (κ1) is 11.0. The number of rotatable bonds is 3. The Morgan fingerprint density at radius 1 is 1.00 bits per heavy atom. The lowest BCUT2D eigenvalue weighted by molar-refractivity contribution is -0.223. The number of nitrogens with two attached hydrogens (primary N) is 2. The van der Waals surface area contributed by atoms with Gasteiger partial charge in [-0.2, -0.15) is 0 Å². The van der Waals surface area contributed by atoms with Crippen molar-refractivity contribution < 1.29 is 28.6 Å². The lowest BCUT2D eigenvalue weighted by Crippen LogP contribution is -2.33. The van der Waals surface area contributed by atoms with Crippen LogP contribution in [0.2, 0.25) is 0 Å². The van der Waals surface area contributed by atoms with E-state index < -0.39 is 24.6 Å². The quantitative estimate of drug-likeness (QED) is 0.436. The van der Waals surface area contributed by atoms with Gasteiger partial charge in [-0.05, 0) is 0 Å². The van der Waals surface area contributed by atoms with Crippen molar-refractivity contribution in [2.75, 3.05) is 0 Å². The van der Waals surface area contributed by atoms with Crippen LogP contribution in [0.5, 0.6) is 0 Å². The summed E-state index contributed by atoms with van der Waals surface area (Å²) in [6.45, 7) is -0.825. The van der Waals surface area contributed by atoms with Crippen LogP contribution < -0.4 is 11.5 Å².